The molecule has 3 unspecified atom stereocenters. The van der Waals surface area contributed by atoms with Gasteiger partial charge >= 0.3 is 6.09 Å². The molecule has 1 aliphatic carbocycles. The summed E-state index contributed by atoms with van der Waals surface area (Å²) in [6.45, 7) is 10.6. The van der Waals surface area contributed by atoms with Crippen LogP contribution in [0, 0.1) is 5.92 Å². The molecule has 0 aromatic rings. The van der Waals surface area contributed by atoms with E-state index in [0.717, 1.165) is 0 Å². The van der Waals surface area contributed by atoms with Crippen molar-refractivity contribution in [3.8, 4) is 0 Å². The van der Waals surface area contributed by atoms with Gasteiger partial charge in [-0.05, 0) is 46.0 Å². The first kappa shape index (κ1) is 19.0. The van der Waals surface area contributed by atoms with E-state index in [1.807, 2.05) is 20.8 Å². The molecule has 0 radical (unpaired) electrons. The molecule has 0 heterocycles. The third-order valence-electron chi connectivity index (χ3n) is 3.93. The third kappa shape index (κ3) is 4.97. The molecular weight excluding hydrogens is 298 g/mol. The average Bonchev–Trinajstić information content (AvgIpc) is 2.37. The van der Waals surface area contributed by atoms with Crippen molar-refractivity contribution in [1.82, 2.24) is 16.0 Å². The maximum atomic E-state index is 12.9. The van der Waals surface area contributed by atoms with Gasteiger partial charge in [-0.2, -0.15) is 0 Å². The van der Waals surface area contributed by atoms with E-state index >= 15 is 0 Å². The first-order valence-electron chi connectivity index (χ1n) is 7.73. The summed E-state index contributed by atoms with van der Waals surface area (Å²) in [6.07, 6.45) is 1.99. The molecular formula is C16H27N3O4. The lowest BCUT2D eigenvalue weighted by atomic mass is 9.71. The zero-order chi connectivity index (χ0) is 17.8. The molecule has 1 aliphatic rings. The van der Waals surface area contributed by atoms with Crippen LogP contribution in [-0.2, 0) is 9.59 Å². The monoisotopic (exact) mass is 325 g/mol. The molecule has 1 saturated carbocycles. The van der Waals surface area contributed by atoms with Crippen molar-refractivity contribution >= 4 is 17.9 Å². The number of carbonyl (C=O) groups is 3. The predicted molar refractivity (Wildman–Crippen MR) is 86.9 cm³/mol. The number of nitrogens with one attached hydrogen (secondary N) is 3. The Kier molecular flexibility index (Phi) is 5.80. The number of hydrogen-bond acceptors (Lipinski definition) is 3. The molecule has 130 valence electrons. The van der Waals surface area contributed by atoms with Gasteiger partial charge in [-0.25, -0.2) is 4.79 Å². The van der Waals surface area contributed by atoms with Crippen LogP contribution in [0.15, 0.2) is 12.7 Å². The van der Waals surface area contributed by atoms with Crippen molar-refractivity contribution in [2.24, 2.45) is 5.92 Å². The van der Waals surface area contributed by atoms with Crippen LogP contribution >= 0.6 is 0 Å². The number of carboxylic acid groups (broad SMARTS) is 1. The van der Waals surface area contributed by atoms with Crippen LogP contribution in [0.2, 0.25) is 0 Å². The van der Waals surface area contributed by atoms with Gasteiger partial charge in [0, 0.05) is 12.5 Å². The van der Waals surface area contributed by atoms with E-state index in [0.29, 0.717) is 19.3 Å². The van der Waals surface area contributed by atoms with Crippen LogP contribution in [0.25, 0.3) is 0 Å². The lowest BCUT2D eigenvalue weighted by Crippen LogP contribution is -2.72. The molecule has 0 bridgehead atoms. The van der Waals surface area contributed by atoms with Gasteiger partial charge in [0.15, 0.2) is 0 Å². The highest BCUT2D eigenvalue weighted by molar-refractivity contribution is 5.93. The summed E-state index contributed by atoms with van der Waals surface area (Å²) in [4.78, 5) is 35.8. The van der Waals surface area contributed by atoms with Gasteiger partial charge in [0.05, 0.1) is 6.04 Å². The van der Waals surface area contributed by atoms with Crippen molar-refractivity contribution in [3.63, 3.8) is 0 Å². The molecule has 0 aromatic heterocycles. The van der Waals surface area contributed by atoms with Crippen molar-refractivity contribution in [1.29, 1.82) is 0 Å². The Labute approximate surface area is 136 Å². The SMILES string of the molecule is C=CC1CCC(NC(=O)O)C(NC(C)=O)(C(=O)NC(C)(C)C)C1. The summed E-state index contributed by atoms with van der Waals surface area (Å²) >= 11 is 0. The van der Waals surface area contributed by atoms with E-state index in [2.05, 4.69) is 22.5 Å². The van der Waals surface area contributed by atoms with Crippen LogP contribution in [-0.4, -0.2) is 40.1 Å². The Balaban J connectivity index is 3.26. The second-order valence-corrected chi connectivity index (χ2v) is 7.14. The quantitative estimate of drug-likeness (QED) is 0.586. The second kappa shape index (κ2) is 7.02. The second-order valence-electron chi connectivity index (χ2n) is 7.14. The normalized spacial score (nSPS) is 27.7. The standard InChI is InChI=1S/C16H27N3O4/c1-6-11-7-8-12(17-14(22)23)16(9-11,18-10(2)20)13(21)19-15(3,4)5/h6,11-12,17H,1,7-9H2,2-5H3,(H,18,20)(H,19,21)(H,22,23). The van der Waals surface area contributed by atoms with E-state index in [1.165, 1.54) is 6.92 Å². The van der Waals surface area contributed by atoms with Crippen LogP contribution < -0.4 is 16.0 Å². The fourth-order valence-electron chi connectivity index (χ4n) is 3.04. The molecule has 0 spiro atoms. The Bertz CT molecular complexity index is 498. The predicted octanol–water partition coefficient (Wildman–Crippen LogP) is 1.40. The number of hydrogen-bond donors (Lipinski definition) is 4. The zero-order valence-electron chi connectivity index (χ0n) is 14.2. The van der Waals surface area contributed by atoms with E-state index in [9.17, 15) is 14.4 Å². The van der Waals surface area contributed by atoms with E-state index in [-0.39, 0.29) is 17.7 Å². The first-order valence-corrected chi connectivity index (χ1v) is 7.73. The minimum atomic E-state index is -1.32. The number of rotatable bonds is 4. The van der Waals surface area contributed by atoms with Gasteiger partial charge in [0.2, 0.25) is 11.8 Å². The van der Waals surface area contributed by atoms with Crippen LogP contribution in [0.1, 0.15) is 47.0 Å². The topological polar surface area (TPSA) is 108 Å². The molecule has 7 nitrogen and oxygen atoms in total. The number of carbonyl (C=O) groups excluding carboxylic acids is 2. The molecule has 1 rings (SSSR count). The molecule has 1 fully saturated rings. The summed E-state index contributed by atoms with van der Waals surface area (Å²) in [5.41, 5.74) is -1.83. The smallest absolute Gasteiger partial charge is 0.404 e. The molecule has 3 amide bonds. The fourth-order valence-corrected chi connectivity index (χ4v) is 3.04. The van der Waals surface area contributed by atoms with E-state index < -0.39 is 23.2 Å². The first-order chi connectivity index (χ1) is 10.5. The summed E-state index contributed by atoms with van der Waals surface area (Å²) in [5.74, 6) is -0.735. The lowest BCUT2D eigenvalue weighted by molar-refractivity contribution is -0.137. The maximum Gasteiger partial charge on any atom is 0.404 e. The molecule has 23 heavy (non-hydrogen) atoms. The van der Waals surface area contributed by atoms with Crippen LogP contribution in [0.3, 0.4) is 0 Å². The average molecular weight is 325 g/mol. The number of amides is 3. The fraction of sp³-hybridized carbons (Fsp3) is 0.688. The van der Waals surface area contributed by atoms with Crippen LogP contribution in [0.5, 0.6) is 0 Å². The van der Waals surface area contributed by atoms with Gasteiger partial charge in [-0.1, -0.05) is 6.08 Å². The largest absolute Gasteiger partial charge is 0.465 e. The third-order valence-corrected chi connectivity index (χ3v) is 3.93. The Hall–Kier alpha value is -2.05. The lowest BCUT2D eigenvalue weighted by Gasteiger charge is -2.46. The molecule has 7 heteroatoms. The Morgan fingerprint density at radius 1 is 1.26 bits per heavy atom. The highest BCUT2D eigenvalue weighted by Gasteiger charge is 2.51. The molecule has 0 aliphatic heterocycles. The van der Waals surface area contributed by atoms with E-state index in [4.69, 9.17) is 5.11 Å². The Morgan fingerprint density at radius 3 is 2.30 bits per heavy atom. The summed E-state index contributed by atoms with van der Waals surface area (Å²) in [7, 11) is 0. The Morgan fingerprint density at radius 2 is 1.87 bits per heavy atom. The molecule has 0 saturated heterocycles. The van der Waals surface area contributed by atoms with Gasteiger partial charge in [0.1, 0.15) is 5.54 Å². The maximum absolute atomic E-state index is 12.9. The van der Waals surface area contributed by atoms with E-state index in [1.54, 1.807) is 6.08 Å². The highest BCUT2D eigenvalue weighted by Crippen LogP contribution is 2.34. The zero-order valence-corrected chi connectivity index (χ0v) is 14.2. The minimum absolute atomic E-state index is 0.0272. The molecule has 4 N–H and O–H groups in total. The minimum Gasteiger partial charge on any atom is -0.465 e. The van der Waals surface area contributed by atoms with Gasteiger partial charge in [-0.15, -0.1) is 6.58 Å². The van der Waals surface area contributed by atoms with Crippen molar-refractivity contribution in [3.05, 3.63) is 12.7 Å². The van der Waals surface area contributed by atoms with Crippen LogP contribution in [0.4, 0.5) is 4.79 Å². The van der Waals surface area contributed by atoms with Gasteiger partial charge in [0.25, 0.3) is 0 Å². The van der Waals surface area contributed by atoms with Gasteiger partial charge in [-0.3, -0.25) is 9.59 Å². The number of allylic oxidation sites excluding steroid dienone is 1. The highest BCUT2D eigenvalue weighted by atomic mass is 16.4. The van der Waals surface area contributed by atoms with Crippen molar-refractivity contribution in [2.45, 2.75) is 64.1 Å². The molecule has 0 aromatic carbocycles. The summed E-state index contributed by atoms with van der Waals surface area (Å²) in [6, 6.07) is -0.692. The van der Waals surface area contributed by atoms with Crippen molar-refractivity contribution in [2.75, 3.05) is 0 Å². The molecule has 3 atom stereocenters. The van der Waals surface area contributed by atoms with Gasteiger partial charge < -0.3 is 21.1 Å². The van der Waals surface area contributed by atoms with Crippen molar-refractivity contribution < 1.29 is 19.5 Å². The summed E-state index contributed by atoms with van der Waals surface area (Å²) < 4.78 is 0. The summed E-state index contributed by atoms with van der Waals surface area (Å²) in [5, 5.41) is 17.1.